The summed E-state index contributed by atoms with van der Waals surface area (Å²) in [5.41, 5.74) is 2.72. The van der Waals surface area contributed by atoms with Crippen molar-refractivity contribution in [3.8, 4) is 0 Å². The second-order valence-corrected chi connectivity index (χ2v) is 7.78. The van der Waals surface area contributed by atoms with Gasteiger partial charge in [0.15, 0.2) is 0 Å². The molecule has 0 saturated heterocycles. The second-order valence-electron chi connectivity index (χ2n) is 6.78. The molecule has 2 aliphatic heterocycles. The molecule has 26 heavy (non-hydrogen) atoms. The van der Waals surface area contributed by atoms with Gasteiger partial charge in [0.05, 0.1) is 23.1 Å². The molecule has 0 fully saturated rings. The molecule has 1 atom stereocenters. The molecule has 1 unspecified atom stereocenters. The minimum atomic E-state index is -0.258. The first-order valence-corrected chi connectivity index (χ1v) is 9.63. The highest BCUT2D eigenvalue weighted by Gasteiger charge is 2.42. The van der Waals surface area contributed by atoms with E-state index in [0.29, 0.717) is 12.1 Å². The second kappa shape index (κ2) is 7.58. The number of carbonyl (C=O) groups is 2. The molecule has 2 aliphatic rings. The third-order valence-electron chi connectivity index (χ3n) is 4.42. The van der Waals surface area contributed by atoms with E-state index in [4.69, 9.17) is 4.74 Å². The minimum Gasteiger partial charge on any atom is -0.460 e. The van der Waals surface area contributed by atoms with Crippen LogP contribution >= 0.6 is 11.8 Å². The Morgan fingerprint density at radius 1 is 1.31 bits per heavy atom. The fourth-order valence-corrected chi connectivity index (χ4v) is 4.66. The summed E-state index contributed by atoms with van der Waals surface area (Å²) < 4.78 is 5.46. The van der Waals surface area contributed by atoms with Crippen LogP contribution in [0.25, 0.3) is 4.91 Å². The molecule has 138 valence electrons. The first-order chi connectivity index (χ1) is 12.4. The van der Waals surface area contributed by atoms with Crippen molar-refractivity contribution in [3.63, 3.8) is 0 Å². The van der Waals surface area contributed by atoms with Gasteiger partial charge < -0.3 is 15.0 Å². The van der Waals surface area contributed by atoms with E-state index in [9.17, 15) is 9.59 Å². The number of nitrogens with one attached hydrogen (secondary N) is 1. The first kappa shape index (κ1) is 18.6. The number of amides is 1. The topological polar surface area (TPSA) is 58.6 Å². The van der Waals surface area contributed by atoms with Gasteiger partial charge in [0.2, 0.25) is 5.91 Å². The average Bonchev–Trinajstić information content (AvgIpc) is 3.10. The lowest BCUT2D eigenvalue weighted by Crippen LogP contribution is -2.24. The average molecular weight is 372 g/mol. The molecule has 1 N–H and O–H groups in total. The van der Waals surface area contributed by atoms with E-state index in [0.717, 1.165) is 21.2 Å². The predicted octanol–water partition coefficient (Wildman–Crippen LogP) is 3.35. The Bertz CT molecular complexity index is 784. The molecule has 5 nitrogen and oxygen atoms in total. The number of nitrogens with zero attached hydrogens (tertiary/aromatic N) is 1. The number of ether oxygens (including phenoxy) is 1. The Kier molecular flexibility index (Phi) is 5.41. The molecule has 0 aliphatic carbocycles. The quantitative estimate of drug-likeness (QED) is 0.803. The van der Waals surface area contributed by atoms with Gasteiger partial charge >= 0.3 is 5.97 Å². The lowest BCUT2D eigenvalue weighted by atomic mass is 10.1. The molecule has 3 rings (SSSR count). The number of hydrogen-bond acceptors (Lipinski definition) is 5. The summed E-state index contributed by atoms with van der Waals surface area (Å²) in [7, 11) is 1.64. The van der Waals surface area contributed by atoms with Crippen LogP contribution < -0.4 is 5.32 Å². The Morgan fingerprint density at radius 2 is 2.00 bits per heavy atom. The molecular formula is C20H24N2O3S. The van der Waals surface area contributed by atoms with Crippen LogP contribution in [-0.4, -0.2) is 36.5 Å². The highest BCUT2D eigenvalue weighted by Crippen LogP contribution is 2.53. The Morgan fingerprint density at radius 3 is 2.62 bits per heavy atom. The van der Waals surface area contributed by atoms with Crippen LogP contribution in [0.4, 0.5) is 0 Å². The molecular weight excluding hydrogens is 348 g/mol. The van der Waals surface area contributed by atoms with E-state index < -0.39 is 0 Å². The molecule has 0 bridgehead atoms. The lowest BCUT2D eigenvalue weighted by Gasteiger charge is -2.19. The zero-order valence-corrected chi connectivity index (χ0v) is 16.4. The standard InChI is InChI=1S/C20H24N2O3S/c1-12(2)25-20(24)17-13(3)11-22-15(10-16(23)21-4)18(26-19(17)22)14-8-6-5-7-9-14/h5-9,12-13H,10-11H2,1-4H3,(H,21,23). The van der Waals surface area contributed by atoms with Crippen LogP contribution in [0.2, 0.25) is 0 Å². The lowest BCUT2D eigenvalue weighted by molar-refractivity contribution is -0.143. The number of thioether (sulfide) groups is 1. The Balaban J connectivity index is 2.02. The number of esters is 1. The van der Waals surface area contributed by atoms with E-state index in [1.54, 1.807) is 18.8 Å². The monoisotopic (exact) mass is 372 g/mol. The van der Waals surface area contributed by atoms with E-state index in [1.807, 2.05) is 51.1 Å². The van der Waals surface area contributed by atoms with Crippen LogP contribution in [0.1, 0.15) is 32.8 Å². The van der Waals surface area contributed by atoms with Gasteiger partial charge in [-0.25, -0.2) is 4.79 Å². The molecule has 0 saturated carbocycles. The van der Waals surface area contributed by atoms with Crippen molar-refractivity contribution in [2.45, 2.75) is 33.3 Å². The van der Waals surface area contributed by atoms with Crippen LogP contribution in [0.15, 0.2) is 46.6 Å². The van der Waals surface area contributed by atoms with E-state index in [1.165, 1.54) is 0 Å². The first-order valence-electron chi connectivity index (χ1n) is 8.82. The van der Waals surface area contributed by atoms with Crippen molar-refractivity contribution in [2.75, 3.05) is 13.6 Å². The van der Waals surface area contributed by atoms with Crippen molar-refractivity contribution in [1.29, 1.82) is 0 Å². The van der Waals surface area contributed by atoms with E-state index >= 15 is 0 Å². The molecule has 0 spiro atoms. The third-order valence-corrected chi connectivity index (χ3v) is 5.73. The summed E-state index contributed by atoms with van der Waals surface area (Å²) in [5.74, 6) is -0.229. The minimum absolute atomic E-state index is 0.0406. The molecule has 0 radical (unpaired) electrons. The molecule has 0 aromatic heterocycles. The zero-order chi connectivity index (χ0) is 18.8. The van der Waals surface area contributed by atoms with Gasteiger partial charge in [0, 0.05) is 30.1 Å². The summed E-state index contributed by atoms with van der Waals surface area (Å²) in [6, 6.07) is 9.99. The SMILES string of the molecule is CNC(=O)CC1=C(c2ccccc2)SC2=C(C(=O)OC(C)C)C(C)CN12. The van der Waals surface area contributed by atoms with Gasteiger partial charge in [0.1, 0.15) is 0 Å². The van der Waals surface area contributed by atoms with Crippen molar-refractivity contribution < 1.29 is 14.3 Å². The normalized spacial score (nSPS) is 19.3. The molecule has 6 heteroatoms. The summed E-state index contributed by atoms with van der Waals surface area (Å²) in [6.45, 7) is 6.43. The van der Waals surface area contributed by atoms with E-state index in [2.05, 4.69) is 10.2 Å². The summed E-state index contributed by atoms with van der Waals surface area (Å²) >= 11 is 1.57. The van der Waals surface area contributed by atoms with Gasteiger partial charge in [-0.05, 0) is 19.4 Å². The van der Waals surface area contributed by atoms with Crippen LogP contribution in [0, 0.1) is 5.92 Å². The highest BCUT2D eigenvalue weighted by molar-refractivity contribution is 8.12. The van der Waals surface area contributed by atoms with Crippen LogP contribution in [0.5, 0.6) is 0 Å². The number of carbonyl (C=O) groups excluding carboxylic acids is 2. The zero-order valence-electron chi connectivity index (χ0n) is 15.5. The van der Waals surface area contributed by atoms with Crippen molar-refractivity contribution in [1.82, 2.24) is 10.2 Å². The van der Waals surface area contributed by atoms with Crippen molar-refractivity contribution >= 4 is 28.5 Å². The number of hydrogen-bond donors (Lipinski definition) is 1. The molecule has 1 aromatic rings. The smallest absolute Gasteiger partial charge is 0.337 e. The largest absolute Gasteiger partial charge is 0.460 e. The maximum Gasteiger partial charge on any atom is 0.337 e. The van der Waals surface area contributed by atoms with Crippen molar-refractivity contribution in [3.05, 3.63) is 52.2 Å². The fourth-order valence-electron chi connectivity index (χ4n) is 3.22. The van der Waals surface area contributed by atoms with Gasteiger partial charge in [-0.2, -0.15) is 0 Å². The van der Waals surface area contributed by atoms with Gasteiger partial charge in [-0.15, -0.1) is 0 Å². The molecule has 1 aromatic carbocycles. The van der Waals surface area contributed by atoms with Crippen molar-refractivity contribution in [2.24, 2.45) is 5.92 Å². The number of rotatable bonds is 5. The molecule has 1 amide bonds. The van der Waals surface area contributed by atoms with Gasteiger partial charge in [0.25, 0.3) is 0 Å². The highest BCUT2D eigenvalue weighted by atomic mass is 32.2. The maximum atomic E-state index is 12.6. The third kappa shape index (κ3) is 3.51. The molecule has 2 heterocycles. The predicted molar refractivity (Wildman–Crippen MR) is 104 cm³/mol. The van der Waals surface area contributed by atoms with Gasteiger partial charge in [-0.3, -0.25) is 4.79 Å². The Hall–Kier alpha value is -2.21. The fraction of sp³-hybridized carbons (Fsp3) is 0.400. The van der Waals surface area contributed by atoms with Crippen LogP contribution in [-0.2, 0) is 14.3 Å². The Labute approximate surface area is 158 Å². The number of fused-ring (bicyclic) bond motifs is 1. The summed E-state index contributed by atoms with van der Waals surface area (Å²) in [5, 5.41) is 3.60. The number of benzene rings is 1. The summed E-state index contributed by atoms with van der Waals surface area (Å²) in [4.78, 5) is 27.9. The maximum absolute atomic E-state index is 12.6. The van der Waals surface area contributed by atoms with E-state index in [-0.39, 0.29) is 30.3 Å². The summed E-state index contributed by atoms with van der Waals surface area (Å²) in [6.07, 6.45) is 0.131. The van der Waals surface area contributed by atoms with Gasteiger partial charge in [-0.1, -0.05) is 49.0 Å². The van der Waals surface area contributed by atoms with Crippen LogP contribution in [0.3, 0.4) is 0 Å².